The van der Waals surface area contributed by atoms with E-state index in [0.29, 0.717) is 5.82 Å². The van der Waals surface area contributed by atoms with Crippen molar-refractivity contribution in [3.8, 4) is 0 Å². The van der Waals surface area contributed by atoms with Crippen molar-refractivity contribution in [1.29, 1.82) is 0 Å². The third-order valence-electron chi connectivity index (χ3n) is 2.43. The Labute approximate surface area is 95.5 Å². The van der Waals surface area contributed by atoms with E-state index in [9.17, 15) is 5.21 Å². The van der Waals surface area contributed by atoms with Crippen molar-refractivity contribution < 1.29 is 5.21 Å². The number of aromatic amines is 1. The number of nitrogens with zero attached hydrogens (tertiary/aromatic N) is 1. The van der Waals surface area contributed by atoms with Crippen LogP contribution in [0.3, 0.4) is 0 Å². The normalized spacial score (nSPS) is 14.7. The molecule has 3 N–H and O–H groups in total. The van der Waals surface area contributed by atoms with Gasteiger partial charge in [-0.3, -0.25) is 5.21 Å². The summed E-state index contributed by atoms with van der Waals surface area (Å²) < 4.78 is 0. The van der Waals surface area contributed by atoms with E-state index in [-0.39, 0.29) is 0 Å². The molecule has 0 bridgehead atoms. The molecule has 0 amide bonds. The van der Waals surface area contributed by atoms with Crippen LogP contribution in [0.15, 0.2) is 17.7 Å². The van der Waals surface area contributed by atoms with Crippen molar-refractivity contribution in [1.82, 2.24) is 10.4 Å². The van der Waals surface area contributed by atoms with Crippen LogP contribution in [-0.4, -0.2) is 17.2 Å². The lowest BCUT2D eigenvalue weighted by atomic mass is 10.2. The van der Waals surface area contributed by atoms with Crippen molar-refractivity contribution >= 4 is 18.0 Å². The van der Waals surface area contributed by atoms with Crippen molar-refractivity contribution in [2.75, 3.05) is 12.2 Å². The van der Waals surface area contributed by atoms with Crippen LogP contribution in [0.2, 0.25) is 0 Å². The minimum absolute atomic E-state index is 0.616. The predicted molar refractivity (Wildman–Crippen MR) is 67.4 cm³/mol. The Kier molecular flexibility index (Phi) is 4.34. The van der Waals surface area contributed by atoms with Gasteiger partial charge in [-0.25, -0.2) is 5.43 Å². The Bertz CT molecular complexity index is 485. The van der Waals surface area contributed by atoms with Gasteiger partial charge in [0.15, 0.2) is 0 Å². The molecule has 1 heterocycles. The summed E-state index contributed by atoms with van der Waals surface area (Å²) in [5.41, 5.74) is 3.81. The summed E-state index contributed by atoms with van der Waals surface area (Å²) in [5, 5.41) is 12.5. The molecule has 88 valence electrons. The van der Waals surface area contributed by atoms with Crippen LogP contribution in [0.5, 0.6) is 0 Å². The van der Waals surface area contributed by atoms with Crippen molar-refractivity contribution in [2.24, 2.45) is 0 Å². The zero-order chi connectivity index (χ0) is 12.1. The van der Waals surface area contributed by atoms with Crippen LogP contribution in [0.25, 0.3) is 12.2 Å². The van der Waals surface area contributed by atoms with Crippen LogP contribution in [0.1, 0.15) is 20.8 Å². The summed E-state index contributed by atoms with van der Waals surface area (Å²) in [4.78, 5) is 3.11. The number of hydrazine groups is 1. The number of aromatic nitrogens is 1. The zero-order valence-electron chi connectivity index (χ0n) is 10.2. The standard InChI is InChI=1S/C12H19N3O/c1-5-9(3)7-10-8-12(15(16)13-4)14-11(10)6-2/h5-8,13-14,16H,1-4H3/b9-5-,10-7-,11-6+. The molecule has 0 saturated carbocycles. The van der Waals surface area contributed by atoms with E-state index in [1.807, 2.05) is 39.0 Å². The first kappa shape index (κ1) is 12.5. The molecule has 0 fully saturated rings. The predicted octanol–water partition coefficient (Wildman–Crippen LogP) is 0.892. The van der Waals surface area contributed by atoms with Crippen LogP contribution in [-0.2, 0) is 0 Å². The summed E-state index contributed by atoms with van der Waals surface area (Å²) in [6.45, 7) is 6.00. The molecule has 0 aliphatic carbocycles. The first-order chi connectivity index (χ1) is 7.62. The summed E-state index contributed by atoms with van der Waals surface area (Å²) in [6, 6.07) is 1.89. The molecule has 1 aromatic rings. The summed E-state index contributed by atoms with van der Waals surface area (Å²) in [7, 11) is 1.65. The number of rotatable bonds is 3. The topological polar surface area (TPSA) is 51.3 Å². The van der Waals surface area contributed by atoms with E-state index in [1.54, 1.807) is 7.05 Å². The van der Waals surface area contributed by atoms with E-state index in [4.69, 9.17) is 0 Å². The lowest BCUT2D eigenvalue weighted by Crippen LogP contribution is -2.31. The van der Waals surface area contributed by atoms with Gasteiger partial charge in [0, 0.05) is 17.6 Å². The molecule has 4 heteroatoms. The van der Waals surface area contributed by atoms with Gasteiger partial charge in [0.05, 0.1) is 0 Å². The maximum Gasteiger partial charge on any atom is 0.149 e. The van der Waals surface area contributed by atoms with E-state index in [2.05, 4.69) is 16.5 Å². The van der Waals surface area contributed by atoms with E-state index >= 15 is 0 Å². The third kappa shape index (κ3) is 2.74. The summed E-state index contributed by atoms with van der Waals surface area (Å²) in [5.74, 6) is 0.616. The second-order valence-electron chi connectivity index (χ2n) is 3.52. The molecule has 0 atom stereocenters. The molecule has 0 spiro atoms. The molecule has 1 aromatic heterocycles. The Hall–Kier alpha value is -1.52. The number of hydrogen-bond donors (Lipinski definition) is 3. The molecular weight excluding hydrogens is 202 g/mol. The molecule has 16 heavy (non-hydrogen) atoms. The number of H-pyrrole nitrogens is 1. The van der Waals surface area contributed by atoms with Gasteiger partial charge in [0.1, 0.15) is 5.82 Å². The Morgan fingerprint density at radius 2 is 2.19 bits per heavy atom. The molecule has 0 unspecified atom stereocenters. The molecule has 0 aliphatic rings. The van der Waals surface area contributed by atoms with E-state index < -0.39 is 0 Å². The molecule has 0 radical (unpaired) electrons. The Morgan fingerprint density at radius 3 is 2.69 bits per heavy atom. The average Bonchev–Trinajstić information content (AvgIpc) is 2.70. The van der Waals surface area contributed by atoms with Crippen molar-refractivity contribution in [3.63, 3.8) is 0 Å². The van der Waals surface area contributed by atoms with Gasteiger partial charge >= 0.3 is 0 Å². The third-order valence-corrected chi connectivity index (χ3v) is 2.43. The van der Waals surface area contributed by atoms with Gasteiger partial charge in [-0.2, -0.15) is 5.17 Å². The van der Waals surface area contributed by atoms with Crippen LogP contribution < -0.4 is 21.2 Å². The van der Waals surface area contributed by atoms with Gasteiger partial charge in [0.25, 0.3) is 0 Å². The van der Waals surface area contributed by atoms with Crippen molar-refractivity contribution in [3.05, 3.63) is 28.3 Å². The fourth-order valence-electron chi connectivity index (χ4n) is 1.39. The first-order valence-corrected chi connectivity index (χ1v) is 5.28. The summed E-state index contributed by atoms with van der Waals surface area (Å²) in [6.07, 6.45) is 6.08. The smallest absolute Gasteiger partial charge is 0.149 e. The van der Waals surface area contributed by atoms with Crippen molar-refractivity contribution in [2.45, 2.75) is 20.8 Å². The molecular formula is C12H19N3O. The molecule has 4 nitrogen and oxygen atoms in total. The van der Waals surface area contributed by atoms with E-state index in [0.717, 1.165) is 15.7 Å². The maximum absolute atomic E-state index is 9.50. The van der Waals surface area contributed by atoms with Gasteiger partial charge in [-0.1, -0.05) is 23.8 Å². The highest BCUT2D eigenvalue weighted by atomic mass is 16.5. The largest absolute Gasteiger partial charge is 0.339 e. The van der Waals surface area contributed by atoms with Crippen LogP contribution in [0, 0.1) is 0 Å². The fraction of sp³-hybridized carbons (Fsp3) is 0.333. The fourth-order valence-corrected chi connectivity index (χ4v) is 1.39. The van der Waals surface area contributed by atoms with Gasteiger partial charge in [-0.05, 0) is 26.8 Å². The second kappa shape index (κ2) is 5.53. The van der Waals surface area contributed by atoms with Gasteiger partial charge in [-0.15, -0.1) is 0 Å². The quantitative estimate of drug-likeness (QED) is 0.664. The summed E-state index contributed by atoms with van der Waals surface area (Å²) >= 11 is 0. The Balaban J connectivity index is 3.31. The molecule has 0 aliphatic heterocycles. The minimum Gasteiger partial charge on any atom is -0.339 e. The van der Waals surface area contributed by atoms with Crippen LogP contribution >= 0.6 is 0 Å². The Morgan fingerprint density at radius 1 is 1.50 bits per heavy atom. The van der Waals surface area contributed by atoms with E-state index in [1.165, 1.54) is 5.57 Å². The zero-order valence-corrected chi connectivity index (χ0v) is 10.2. The second-order valence-corrected chi connectivity index (χ2v) is 3.52. The highest BCUT2D eigenvalue weighted by molar-refractivity contribution is 5.49. The first-order valence-electron chi connectivity index (χ1n) is 5.28. The molecule has 0 aromatic carbocycles. The molecule has 0 saturated heterocycles. The lowest BCUT2D eigenvalue weighted by molar-refractivity contribution is 0.219. The SMILES string of the molecule is C\C=C(C)/C=c1/cc(N(O)NC)[nH]/c1=C/C. The van der Waals surface area contributed by atoms with Gasteiger partial charge < -0.3 is 4.98 Å². The van der Waals surface area contributed by atoms with Gasteiger partial charge in [0.2, 0.25) is 0 Å². The minimum atomic E-state index is 0.616. The highest BCUT2D eigenvalue weighted by Gasteiger charge is 2.01. The number of nitrogens with one attached hydrogen (secondary N) is 2. The maximum atomic E-state index is 9.50. The number of allylic oxidation sites excluding steroid dienone is 2. The lowest BCUT2D eigenvalue weighted by Gasteiger charge is -2.11. The number of hydrogen-bond acceptors (Lipinski definition) is 3. The average molecular weight is 221 g/mol. The van der Waals surface area contributed by atoms with Crippen LogP contribution in [0.4, 0.5) is 5.82 Å². The highest BCUT2D eigenvalue weighted by Crippen LogP contribution is 1.99. The monoisotopic (exact) mass is 221 g/mol. The number of anilines is 1. The molecule has 1 rings (SSSR count).